The number of hydrogen-bond donors (Lipinski definition) is 2. The molecule has 1 aliphatic heterocycles. The first kappa shape index (κ1) is 21.2. The zero-order valence-electron chi connectivity index (χ0n) is 17.3. The lowest BCUT2D eigenvalue weighted by molar-refractivity contribution is -0.154. The SMILES string of the molecule is O=C(O)C(CC=CCc1cccc2c1N(c1ncccn1)C(c1ccccc1)C2)C(=O)O. The highest BCUT2D eigenvalue weighted by molar-refractivity contribution is 5.93. The third kappa shape index (κ3) is 4.37. The minimum absolute atomic E-state index is 0.0575. The monoisotopic (exact) mass is 429 g/mol. The van der Waals surface area contributed by atoms with Crippen molar-refractivity contribution in [1.29, 1.82) is 0 Å². The largest absolute Gasteiger partial charge is 0.481 e. The van der Waals surface area contributed by atoms with Gasteiger partial charge in [-0.3, -0.25) is 9.59 Å². The average Bonchev–Trinajstić information content (AvgIpc) is 3.20. The molecule has 1 aromatic heterocycles. The normalized spacial score (nSPS) is 15.3. The highest BCUT2D eigenvalue weighted by Crippen LogP contribution is 2.46. The van der Waals surface area contributed by atoms with Crippen molar-refractivity contribution in [2.45, 2.75) is 25.3 Å². The fourth-order valence-electron chi connectivity index (χ4n) is 4.09. The van der Waals surface area contributed by atoms with E-state index in [1.165, 1.54) is 11.1 Å². The van der Waals surface area contributed by atoms with Crippen molar-refractivity contribution in [3.8, 4) is 0 Å². The summed E-state index contributed by atoms with van der Waals surface area (Å²) in [6, 6.07) is 18.2. The van der Waals surface area contributed by atoms with E-state index in [0.29, 0.717) is 12.4 Å². The van der Waals surface area contributed by atoms with Gasteiger partial charge in [0, 0.05) is 12.4 Å². The van der Waals surface area contributed by atoms with Crippen LogP contribution in [0.15, 0.2) is 79.1 Å². The molecular weight excluding hydrogens is 406 g/mol. The number of benzene rings is 2. The molecule has 0 saturated carbocycles. The molecule has 0 bridgehead atoms. The Morgan fingerprint density at radius 1 is 0.969 bits per heavy atom. The summed E-state index contributed by atoms with van der Waals surface area (Å²) in [4.78, 5) is 33.3. The van der Waals surface area contributed by atoms with Crippen LogP contribution in [0.5, 0.6) is 0 Å². The molecule has 1 atom stereocenters. The summed E-state index contributed by atoms with van der Waals surface area (Å²) in [5, 5.41) is 18.1. The van der Waals surface area contributed by atoms with Crippen LogP contribution in [0.2, 0.25) is 0 Å². The molecular formula is C25H23N3O4. The molecule has 0 radical (unpaired) electrons. The number of aliphatic carboxylic acids is 2. The van der Waals surface area contributed by atoms with Gasteiger partial charge in [0.2, 0.25) is 5.95 Å². The molecule has 2 N–H and O–H groups in total. The maximum atomic E-state index is 11.1. The first-order valence-corrected chi connectivity index (χ1v) is 10.4. The van der Waals surface area contributed by atoms with Gasteiger partial charge in [-0.2, -0.15) is 0 Å². The number of hydrogen-bond acceptors (Lipinski definition) is 5. The van der Waals surface area contributed by atoms with Gasteiger partial charge in [-0.05, 0) is 42.0 Å². The molecule has 4 rings (SSSR count). The summed E-state index contributed by atoms with van der Waals surface area (Å²) in [6.45, 7) is 0. The molecule has 1 aliphatic rings. The van der Waals surface area contributed by atoms with Crippen LogP contribution in [0.4, 0.5) is 11.6 Å². The molecule has 2 aromatic carbocycles. The van der Waals surface area contributed by atoms with Gasteiger partial charge in [0.1, 0.15) is 0 Å². The van der Waals surface area contributed by atoms with Crippen LogP contribution in [0.25, 0.3) is 0 Å². The second kappa shape index (κ2) is 9.43. The minimum atomic E-state index is -1.44. The maximum Gasteiger partial charge on any atom is 0.318 e. The molecule has 3 aromatic rings. The zero-order chi connectivity index (χ0) is 22.5. The molecule has 7 nitrogen and oxygen atoms in total. The van der Waals surface area contributed by atoms with Crippen LogP contribution in [0, 0.1) is 5.92 Å². The molecule has 162 valence electrons. The van der Waals surface area contributed by atoms with Crippen LogP contribution in [-0.2, 0) is 22.4 Å². The van der Waals surface area contributed by atoms with E-state index in [4.69, 9.17) is 10.2 Å². The number of allylic oxidation sites excluding steroid dienone is 2. The van der Waals surface area contributed by atoms with Crippen LogP contribution in [-0.4, -0.2) is 32.1 Å². The number of fused-ring (bicyclic) bond motifs is 1. The highest BCUT2D eigenvalue weighted by Gasteiger charge is 2.34. The smallest absolute Gasteiger partial charge is 0.318 e. The summed E-state index contributed by atoms with van der Waals surface area (Å²) in [6.07, 6.45) is 8.20. The van der Waals surface area contributed by atoms with E-state index in [2.05, 4.69) is 33.1 Å². The Morgan fingerprint density at radius 3 is 2.38 bits per heavy atom. The fraction of sp³-hybridized carbons (Fsp3) is 0.200. The van der Waals surface area contributed by atoms with Gasteiger partial charge in [0.25, 0.3) is 0 Å². The first-order valence-electron chi connectivity index (χ1n) is 10.4. The molecule has 0 spiro atoms. The highest BCUT2D eigenvalue weighted by atomic mass is 16.4. The Labute approximate surface area is 185 Å². The number of carbonyl (C=O) groups is 2. The van der Waals surface area contributed by atoms with Crippen molar-refractivity contribution in [1.82, 2.24) is 9.97 Å². The maximum absolute atomic E-state index is 11.1. The number of carboxylic acid groups (broad SMARTS) is 2. The van der Waals surface area contributed by atoms with Crippen molar-refractivity contribution < 1.29 is 19.8 Å². The molecule has 7 heteroatoms. The van der Waals surface area contributed by atoms with Crippen LogP contribution in [0.1, 0.15) is 29.2 Å². The number of carboxylic acids is 2. The average molecular weight is 429 g/mol. The van der Waals surface area contributed by atoms with Gasteiger partial charge in [-0.25, -0.2) is 9.97 Å². The lowest BCUT2D eigenvalue weighted by atomic mass is 10.0. The Hall–Kier alpha value is -4.00. The Balaban J connectivity index is 1.65. The van der Waals surface area contributed by atoms with Gasteiger partial charge in [0.05, 0.1) is 11.7 Å². The third-order valence-electron chi connectivity index (χ3n) is 5.59. The summed E-state index contributed by atoms with van der Waals surface area (Å²) < 4.78 is 0. The first-order chi connectivity index (χ1) is 15.6. The predicted molar refractivity (Wildman–Crippen MR) is 120 cm³/mol. The van der Waals surface area contributed by atoms with Crippen molar-refractivity contribution in [2.75, 3.05) is 4.90 Å². The van der Waals surface area contributed by atoms with Crippen LogP contribution < -0.4 is 4.90 Å². The summed E-state index contributed by atoms with van der Waals surface area (Å²) in [5.74, 6) is -3.49. The Bertz CT molecular complexity index is 1120. The predicted octanol–water partition coefficient (Wildman–Crippen LogP) is 4.19. The molecule has 2 heterocycles. The fourth-order valence-corrected chi connectivity index (χ4v) is 4.09. The zero-order valence-corrected chi connectivity index (χ0v) is 17.3. The molecule has 0 fully saturated rings. The van der Waals surface area contributed by atoms with Gasteiger partial charge in [0.15, 0.2) is 5.92 Å². The van der Waals surface area contributed by atoms with E-state index in [1.54, 1.807) is 24.5 Å². The lowest BCUT2D eigenvalue weighted by Gasteiger charge is -2.27. The Kier molecular flexibility index (Phi) is 6.26. The standard InChI is InChI=1S/C25H23N3O4/c29-23(30)20(24(31)32)13-5-4-10-18-11-6-12-19-16-21(17-8-2-1-3-9-17)28(22(18)19)25-26-14-7-15-27-25/h1-9,11-12,14-15,20-21H,10,13,16H2,(H,29,30)(H,31,32). The topological polar surface area (TPSA) is 104 Å². The molecule has 0 amide bonds. The Morgan fingerprint density at radius 2 is 1.69 bits per heavy atom. The molecule has 1 unspecified atom stereocenters. The number of nitrogens with zero attached hydrogens (tertiary/aromatic N) is 3. The molecule has 32 heavy (non-hydrogen) atoms. The third-order valence-corrected chi connectivity index (χ3v) is 5.59. The number of aromatic nitrogens is 2. The van der Waals surface area contributed by atoms with Gasteiger partial charge >= 0.3 is 11.9 Å². The molecule has 0 aliphatic carbocycles. The van der Waals surface area contributed by atoms with E-state index in [1.807, 2.05) is 36.4 Å². The van der Waals surface area contributed by atoms with Crippen molar-refractivity contribution in [2.24, 2.45) is 5.92 Å². The van der Waals surface area contributed by atoms with Gasteiger partial charge < -0.3 is 15.1 Å². The van der Waals surface area contributed by atoms with E-state index in [9.17, 15) is 9.59 Å². The van der Waals surface area contributed by atoms with Crippen molar-refractivity contribution >= 4 is 23.6 Å². The van der Waals surface area contributed by atoms with E-state index < -0.39 is 17.9 Å². The van der Waals surface area contributed by atoms with Crippen LogP contribution in [0.3, 0.4) is 0 Å². The van der Waals surface area contributed by atoms with E-state index in [-0.39, 0.29) is 12.5 Å². The van der Waals surface area contributed by atoms with Crippen molar-refractivity contribution in [3.63, 3.8) is 0 Å². The second-order valence-corrected chi connectivity index (χ2v) is 7.61. The minimum Gasteiger partial charge on any atom is -0.481 e. The number of anilines is 2. The van der Waals surface area contributed by atoms with Gasteiger partial charge in [-0.15, -0.1) is 0 Å². The quantitative estimate of drug-likeness (QED) is 0.409. The van der Waals surface area contributed by atoms with Crippen molar-refractivity contribution in [3.05, 3.63) is 95.8 Å². The summed E-state index contributed by atoms with van der Waals surface area (Å²) in [7, 11) is 0. The lowest BCUT2D eigenvalue weighted by Crippen LogP contribution is -2.22. The summed E-state index contributed by atoms with van der Waals surface area (Å²) >= 11 is 0. The summed E-state index contributed by atoms with van der Waals surface area (Å²) in [5.41, 5.74) is 4.45. The van der Waals surface area contributed by atoms with Crippen LogP contribution >= 0.6 is 0 Å². The number of para-hydroxylation sites is 1. The van der Waals surface area contributed by atoms with Gasteiger partial charge in [-0.1, -0.05) is 60.7 Å². The van der Waals surface area contributed by atoms with E-state index in [0.717, 1.165) is 17.7 Å². The van der Waals surface area contributed by atoms with E-state index >= 15 is 0 Å². The second-order valence-electron chi connectivity index (χ2n) is 7.61. The molecule has 0 saturated heterocycles. The number of rotatable bonds is 8.